The second-order valence-corrected chi connectivity index (χ2v) is 48.3. The average Bonchev–Trinajstić information content (AvgIpc) is 0.824. The highest BCUT2D eigenvalue weighted by atomic mass is 32.2. The second kappa shape index (κ2) is 67.0. The summed E-state index contributed by atoms with van der Waals surface area (Å²) in [6.45, 7) is 19.8. The van der Waals surface area contributed by atoms with Gasteiger partial charge in [0, 0.05) is 83.8 Å². The highest BCUT2D eigenvalue weighted by Crippen LogP contribution is 2.30. The summed E-state index contributed by atoms with van der Waals surface area (Å²) in [5.74, 6) is -5.95. The van der Waals surface area contributed by atoms with Crippen molar-refractivity contribution in [3.05, 3.63) is 29.7 Å². The van der Waals surface area contributed by atoms with Crippen molar-refractivity contribution in [2.75, 3.05) is 39.9 Å². The Kier molecular flexibility index (Phi) is 89.8. The van der Waals surface area contributed by atoms with Gasteiger partial charge in [-0.25, -0.2) is 33.7 Å². The molecule has 0 rings (SSSR count). The number of halogens is 7. The monoisotopic (exact) mass is 1700 g/mol. The summed E-state index contributed by atoms with van der Waals surface area (Å²) in [6, 6.07) is 4.15. The Hall–Kier alpha value is -2.78. The summed E-state index contributed by atoms with van der Waals surface area (Å²) < 4.78 is 255. The molecule has 4 unspecified atom stereocenters. The third-order valence-corrected chi connectivity index (χ3v) is 28.6. The molecule has 0 saturated heterocycles. The van der Waals surface area contributed by atoms with Gasteiger partial charge in [-0.1, -0.05) is 149 Å². The van der Waals surface area contributed by atoms with Crippen molar-refractivity contribution >= 4 is 97.6 Å². The third kappa shape index (κ3) is 77.7. The third-order valence-electron chi connectivity index (χ3n) is 14.3. The Labute approximate surface area is 641 Å². The first-order valence-corrected chi connectivity index (χ1v) is 49.0. The number of carbonyl (C=O) groups excluding carboxylic acids is 4. The minimum absolute atomic E-state index is 0. The molecule has 0 spiro atoms. The number of unbranched alkanes of at least 4 members (excludes halogenated alkanes) is 14. The first kappa shape index (κ1) is 141. The zero-order valence-electron chi connectivity index (χ0n) is 60.7. The molecule has 0 N–H and O–H groups in total. The first-order valence-electron chi connectivity index (χ1n) is 30.6. The molecule has 0 saturated carbocycles. The van der Waals surface area contributed by atoms with E-state index >= 15 is 0 Å². The van der Waals surface area contributed by atoms with Crippen molar-refractivity contribution in [1.82, 2.24) is 0 Å². The molecule has 646 valence electrons. The maximum Gasteiger partial charge on any atom is 0.426 e. The molecule has 0 bridgehead atoms. The number of esters is 4. The van der Waals surface area contributed by atoms with E-state index in [4.69, 9.17) is 22.4 Å². The molecule has 24 nitrogen and oxygen atoms in total. The van der Waals surface area contributed by atoms with E-state index in [0.29, 0.717) is 52.4 Å². The number of ether oxygens (including phenoxy) is 4. The fourth-order valence-electron chi connectivity index (χ4n) is 7.72. The van der Waals surface area contributed by atoms with Gasteiger partial charge in [0.1, 0.15) is 6.10 Å². The van der Waals surface area contributed by atoms with Crippen molar-refractivity contribution in [2.24, 2.45) is 0 Å². The molecule has 0 aliphatic carbocycles. The van der Waals surface area contributed by atoms with Crippen LogP contribution >= 0.6 is 0 Å². The number of carbonyl (C=O) groups is 4. The summed E-state index contributed by atoms with van der Waals surface area (Å²) >= 11 is 0. The van der Waals surface area contributed by atoms with Crippen LogP contribution in [0.3, 0.4) is 0 Å². The molecular weight excluding hydrogens is 1550 g/mol. The smallest absolute Gasteiger partial charge is 0.426 e. The number of rotatable bonds is 46. The normalized spacial score (nSPS) is 12.7. The van der Waals surface area contributed by atoms with Gasteiger partial charge >= 0.3 is 40.6 Å². The first-order chi connectivity index (χ1) is 42.0. The highest BCUT2D eigenvalue weighted by Gasteiger charge is 2.48. The van der Waals surface area contributed by atoms with Gasteiger partial charge in [0.25, 0.3) is 0 Å². The van der Waals surface area contributed by atoms with E-state index in [2.05, 4.69) is 66.6 Å². The lowest BCUT2D eigenvalue weighted by molar-refractivity contribution is -0.215. The highest BCUT2D eigenvalue weighted by molar-refractivity contribution is 7.87. The largest absolute Gasteiger partial charge is 0.748 e. The van der Waals surface area contributed by atoms with E-state index in [1.165, 1.54) is 6.92 Å². The Morgan fingerprint density at radius 1 is 0.333 bits per heavy atom. The Bertz CT molecular complexity index is 2600. The van der Waals surface area contributed by atoms with Crippen LogP contribution < -0.4 is 0 Å². The lowest BCUT2D eigenvalue weighted by Crippen LogP contribution is -2.42. The molecule has 0 fully saturated rings. The molecule has 0 aromatic heterocycles. The lowest BCUT2D eigenvalue weighted by atomic mass is 10.1. The molecule has 0 aromatic carbocycles. The fourth-order valence-corrected chi connectivity index (χ4v) is 15.1. The van der Waals surface area contributed by atoms with Gasteiger partial charge in [-0.3, -0.25) is 19.2 Å². The molecule has 0 amide bonds. The quantitative estimate of drug-likeness (QED) is 0.0104. The van der Waals surface area contributed by atoms with Gasteiger partial charge in [0.05, 0.1) is 31.7 Å². The van der Waals surface area contributed by atoms with Gasteiger partial charge in [-0.05, 0) is 123 Å². The van der Waals surface area contributed by atoms with Gasteiger partial charge in [-0.15, -0.1) is 0 Å². The zero-order valence-corrected chi connectivity index (χ0v) is 68.0. The Balaban J connectivity index is -0.0000000694. The molecule has 0 aromatic rings. The van der Waals surface area contributed by atoms with E-state index in [9.17, 15) is 102 Å². The van der Waals surface area contributed by atoms with Crippen LogP contribution in [0.1, 0.15) is 221 Å². The second-order valence-electron chi connectivity index (χ2n) is 24.8. The zero-order chi connectivity index (χ0) is 73.6. The summed E-state index contributed by atoms with van der Waals surface area (Å²) in [7, 11) is -20.6. The Morgan fingerprint density at radius 3 is 0.724 bits per heavy atom. The van der Waals surface area contributed by atoms with E-state index in [0.717, 1.165) is 101 Å². The SMILES string of the molecule is C.C.C.C.C.C.C.C.CO[Si](C)(C)CCCCCC(=O)OC(C)C(F)(F)S(=O)(=O)[O-].CO[Si](C)(C)CCCCCCC(=O)OC(C)CS(=O)(=O)[O-].CO[Si](C)(C)CCCCCCCC(=O)OC(C)C(F)(F)S(=O)(=O)[O-].CO[Si](C)(C)CCCCCCCCC(=O)OC(CS(=O)(=O)[O-])C(F)(F)F.[CH3+].[CH3+].[CH3+].[CH3+]. The van der Waals surface area contributed by atoms with Crippen molar-refractivity contribution in [3.8, 4) is 0 Å². The van der Waals surface area contributed by atoms with Crippen molar-refractivity contribution in [3.63, 3.8) is 0 Å². The van der Waals surface area contributed by atoms with Crippen molar-refractivity contribution in [1.29, 1.82) is 0 Å². The number of hydrogen-bond acceptors (Lipinski definition) is 24. The standard InChI is InChI=1S/C15H29F3O6SSi.C14H28F2O6SSi.C13H28O6SSi.C12H24F2O6SSi.8CH4.4CH3/c1-23-26(2,3)11-9-7-5-4-6-8-10-14(19)24-13(15(16,17)18)12-25(20,21)22;1-12(14(15,16)23(18,19)20)22-13(17)10-8-6-5-7-9-11-24(3,4)21-2;1-12(11-20(15,16)17)19-13(14)9-7-5-6-8-10-21(3,4)18-2;1-10(12(13,14)21(16,17)18)20-11(15)8-6-5-7-9-22(3,4)19-2;;;;;;;;;;;;/h13H,4-12H2,1-3H3,(H,20,21,22);12H,5-11H2,1-4H3,(H,18,19,20);12H,5-11H2,1-4H3,(H,15,16,17);10H,5-9H2,1-4H3,(H,16,17,18);8*1H4;4*1H3/q;;;;;;;;;;;;4*+1/p-4. The van der Waals surface area contributed by atoms with Crippen LogP contribution in [-0.2, 0) is 96.3 Å². The summed E-state index contributed by atoms with van der Waals surface area (Å²) in [5.41, 5.74) is 0. The number of alkyl halides is 7. The molecule has 0 heterocycles. The minimum Gasteiger partial charge on any atom is -0.748 e. The van der Waals surface area contributed by atoms with E-state index in [1.807, 2.05) is 0 Å². The topological polar surface area (TPSA) is 371 Å². The molecule has 105 heavy (non-hydrogen) atoms. The van der Waals surface area contributed by atoms with Gasteiger partial charge in [0.2, 0.25) is 6.10 Å². The lowest BCUT2D eigenvalue weighted by Gasteiger charge is -2.25. The van der Waals surface area contributed by atoms with E-state index in [1.54, 1.807) is 28.4 Å². The average molecular weight is 1700 g/mol. The summed E-state index contributed by atoms with van der Waals surface area (Å²) in [4.78, 5) is 45.7. The van der Waals surface area contributed by atoms with Crippen molar-refractivity contribution in [2.45, 2.75) is 339 Å². The maximum absolute atomic E-state index is 13.2. The maximum atomic E-state index is 13.2. The predicted octanol–water partition coefficient (Wildman–Crippen LogP) is 18.5. The summed E-state index contributed by atoms with van der Waals surface area (Å²) in [5, 5.41) is -9.25. The molecular formula is C66H149F7O24S4Si4. The van der Waals surface area contributed by atoms with E-state index in [-0.39, 0.29) is 115 Å². The molecule has 0 aliphatic rings. The Morgan fingerprint density at radius 2 is 0.524 bits per heavy atom. The summed E-state index contributed by atoms with van der Waals surface area (Å²) in [6.07, 6.45) is 1.18. The van der Waals surface area contributed by atoms with Crippen LogP contribution in [0, 0.1) is 29.7 Å². The molecule has 4 atom stereocenters. The van der Waals surface area contributed by atoms with Crippen LogP contribution in [0.5, 0.6) is 0 Å². The van der Waals surface area contributed by atoms with Crippen LogP contribution in [0.4, 0.5) is 30.7 Å². The van der Waals surface area contributed by atoms with Crippen LogP contribution in [0.25, 0.3) is 0 Å². The molecule has 39 heteroatoms. The van der Waals surface area contributed by atoms with Crippen molar-refractivity contribution < 1.29 is 138 Å². The fraction of sp³-hybridized carbons (Fsp3) is 0.879. The predicted molar refractivity (Wildman–Crippen MR) is 419 cm³/mol. The van der Waals surface area contributed by atoms with Crippen LogP contribution in [0.2, 0.25) is 76.6 Å². The number of hydrogen-bond donors (Lipinski definition) is 0. The van der Waals surface area contributed by atoms with Gasteiger partial charge < -0.3 is 54.9 Å². The van der Waals surface area contributed by atoms with Crippen LogP contribution in [-0.4, -0.2) is 190 Å². The van der Waals surface area contributed by atoms with E-state index < -0.39 is 150 Å². The molecule has 0 radical (unpaired) electrons. The van der Waals surface area contributed by atoms with Crippen LogP contribution in [0.15, 0.2) is 0 Å². The minimum atomic E-state index is -5.87. The van der Waals surface area contributed by atoms with Gasteiger partial charge in [0.15, 0.2) is 65.7 Å². The molecule has 0 aliphatic heterocycles. The van der Waals surface area contributed by atoms with Gasteiger partial charge in [-0.2, -0.15) is 30.7 Å².